The van der Waals surface area contributed by atoms with E-state index in [4.69, 9.17) is 5.11 Å². The van der Waals surface area contributed by atoms with E-state index in [1.54, 1.807) is 0 Å². The normalized spacial score (nSPS) is 12.8. The van der Waals surface area contributed by atoms with Crippen molar-refractivity contribution in [2.24, 2.45) is 0 Å². The van der Waals surface area contributed by atoms with E-state index in [-0.39, 0.29) is 17.9 Å². The highest BCUT2D eigenvalue weighted by Gasteiger charge is 2.19. The van der Waals surface area contributed by atoms with Crippen LogP contribution in [0, 0.1) is 0 Å². The van der Waals surface area contributed by atoms with E-state index in [0.29, 0.717) is 11.6 Å². The Kier molecular flexibility index (Phi) is 5.50. The van der Waals surface area contributed by atoms with Crippen molar-refractivity contribution in [3.63, 3.8) is 0 Å². The molecule has 0 radical (unpaired) electrons. The largest absolute Gasteiger partial charge is 0.481 e. The zero-order chi connectivity index (χ0) is 15.3. The van der Waals surface area contributed by atoms with E-state index in [1.807, 2.05) is 33.1 Å². The van der Waals surface area contributed by atoms with Gasteiger partial charge in [0.15, 0.2) is 5.13 Å². The fourth-order valence-electron chi connectivity index (χ4n) is 1.50. The van der Waals surface area contributed by atoms with Crippen molar-refractivity contribution in [3.05, 3.63) is 11.1 Å². The quantitative estimate of drug-likeness (QED) is 0.779. The Bertz CT molecular complexity index is 479. The molecule has 1 rings (SSSR count). The second-order valence-corrected chi connectivity index (χ2v) is 6.45. The average Bonchev–Trinajstić information content (AvgIpc) is 2.75. The average molecular weight is 299 g/mol. The number of aromatic nitrogens is 1. The van der Waals surface area contributed by atoms with Crippen LogP contribution in [0.15, 0.2) is 5.38 Å². The SMILES string of the molecule is CCC(CC(=O)O)NC(=O)Nc1nc(C(C)(C)C)cs1. The van der Waals surface area contributed by atoms with Crippen LogP contribution in [0.2, 0.25) is 0 Å². The first-order valence-electron chi connectivity index (χ1n) is 6.47. The highest BCUT2D eigenvalue weighted by atomic mass is 32.1. The number of carboxylic acid groups (broad SMARTS) is 1. The van der Waals surface area contributed by atoms with E-state index in [9.17, 15) is 9.59 Å². The molecule has 0 aromatic carbocycles. The molecule has 7 heteroatoms. The first kappa shape index (κ1) is 16.4. The highest BCUT2D eigenvalue weighted by Crippen LogP contribution is 2.26. The lowest BCUT2D eigenvalue weighted by Crippen LogP contribution is -2.38. The Labute approximate surface area is 122 Å². The number of rotatable bonds is 5. The van der Waals surface area contributed by atoms with Crippen molar-refractivity contribution in [1.29, 1.82) is 0 Å². The van der Waals surface area contributed by atoms with Gasteiger partial charge in [-0.05, 0) is 6.42 Å². The molecule has 20 heavy (non-hydrogen) atoms. The van der Waals surface area contributed by atoms with E-state index in [0.717, 1.165) is 5.69 Å². The van der Waals surface area contributed by atoms with Gasteiger partial charge in [-0.15, -0.1) is 11.3 Å². The Hall–Kier alpha value is -1.63. The van der Waals surface area contributed by atoms with Gasteiger partial charge in [0.1, 0.15) is 0 Å². The van der Waals surface area contributed by atoms with Crippen molar-refractivity contribution in [3.8, 4) is 0 Å². The molecule has 0 saturated carbocycles. The van der Waals surface area contributed by atoms with Gasteiger partial charge in [-0.1, -0.05) is 27.7 Å². The third-order valence-corrected chi connectivity index (χ3v) is 3.50. The topological polar surface area (TPSA) is 91.3 Å². The summed E-state index contributed by atoms with van der Waals surface area (Å²) in [6.07, 6.45) is 0.472. The van der Waals surface area contributed by atoms with Crippen molar-refractivity contribution >= 4 is 28.5 Å². The van der Waals surface area contributed by atoms with Crippen LogP contribution in [0.5, 0.6) is 0 Å². The summed E-state index contributed by atoms with van der Waals surface area (Å²) in [5.74, 6) is -0.929. The number of urea groups is 1. The first-order chi connectivity index (χ1) is 9.22. The van der Waals surface area contributed by atoms with Crippen LogP contribution in [0.25, 0.3) is 0 Å². The second-order valence-electron chi connectivity index (χ2n) is 5.59. The van der Waals surface area contributed by atoms with E-state index in [1.165, 1.54) is 11.3 Å². The molecule has 0 bridgehead atoms. The molecule has 1 heterocycles. The van der Waals surface area contributed by atoms with Gasteiger partial charge in [-0.2, -0.15) is 0 Å². The molecule has 1 aromatic heterocycles. The number of hydrogen-bond donors (Lipinski definition) is 3. The van der Waals surface area contributed by atoms with Gasteiger partial charge in [0.05, 0.1) is 12.1 Å². The first-order valence-corrected chi connectivity index (χ1v) is 7.35. The van der Waals surface area contributed by atoms with Crippen LogP contribution in [0.4, 0.5) is 9.93 Å². The molecule has 0 aliphatic rings. The summed E-state index contributed by atoms with van der Waals surface area (Å²) < 4.78 is 0. The number of nitrogens with zero attached hydrogens (tertiary/aromatic N) is 1. The summed E-state index contributed by atoms with van der Waals surface area (Å²) in [6.45, 7) is 7.97. The smallest absolute Gasteiger partial charge is 0.321 e. The maximum absolute atomic E-state index is 11.8. The molecular weight excluding hydrogens is 278 g/mol. The third-order valence-electron chi connectivity index (χ3n) is 2.74. The molecule has 6 nitrogen and oxygen atoms in total. The minimum absolute atomic E-state index is 0.0673. The molecule has 0 aliphatic heterocycles. The van der Waals surface area contributed by atoms with Crippen molar-refractivity contribution in [2.75, 3.05) is 5.32 Å². The summed E-state index contributed by atoms with van der Waals surface area (Å²) in [7, 11) is 0. The Balaban J connectivity index is 2.58. The predicted octanol–water partition coefficient (Wildman–Crippen LogP) is 2.82. The predicted molar refractivity (Wildman–Crippen MR) is 79.3 cm³/mol. The summed E-state index contributed by atoms with van der Waals surface area (Å²) in [4.78, 5) is 26.8. The van der Waals surface area contributed by atoms with Crippen LogP contribution in [-0.4, -0.2) is 28.1 Å². The highest BCUT2D eigenvalue weighted by molar-refractivity contribution is 7.13. The van der Waals surface area contributed by atoms with Crippen molar-refractivity contribution < 1.29 is 14.7 Å². The second kappa shape index (κ2) is 6.69. The molecule has 0 aliphatic carbocycles. The molecule has 2 amide bonds. The third kappa shape index (κ3) is 5.16. The number of carboxylic acids is 1. The van der Waals surface area contributed by atoms with Crippen molar-refractivity contribution in [1.82, 2.24) is 10.3 Å². The maximum atomic E-state index is 11.8. The van der Waals surface area contributed by atoms with Crippen molar-refractivity contribution in [2.45, 2.75) is 52.0 Å². The van der Waals surface area contributed by atoms with Gasteiger partial charge < -0.3 is 10.4 Å². The standard InChI is InChI=1S/C13H21N3O3S/c1-5-8(6-10(17)18)14-11(19)16-12-15-9(7-20-12)13(2,3)4/h7-8H,5-6H2,1-4H3,(H,17,18)(H2,14,15,16,19). The number of nitrogens with one attached hydrogen (secondary N) is 2. The summed E-state index contributed by atoms with van der Waals surface area (Å²) in [5.41, 5.74) is 0.845. The number of hydrogen-bond acceptors (Lipinski definition) is 4. The van der Waals surface area contributed by atoms with E-state index in [2.05, 4.69) is 15.6 Å². The lowest BCUT2D eigenvalue weighted by atomic mass is 9.93. The van der Waals surface area contributed by atoms with Gasteiger partial charge in [0.2, 0.25) is 0 Å². The van der Waals surface area contributed by atoms with Crippen LogP contribution < -0.4 is 10.6 Å². The molecule has 1 unspecified atom stereocenters. The van der Waals surface area contributed by atoms with Crippen LogP contribution in [-0.2, 0) is 10.2 Å². The van der Waals surface area contributed by atoms with Gasteiger partial charge >= 0.3 is 12.0 Å². The Morgan fingerprint density at radius 1 is 1.45 bits per heavy atom. The fraction of sp³-hybridized carbons (Fsp3) is 0.615. The number of carbonyl (C=O) groups excluding carboxylic acids is 1. The molecule has 112 valence electrons. The van der Waals surface area contributed by atoms with Gasteiger partial charge in [0.25, 0.3) is 0 Å². The lowest BCUT2D eigenvalue weighted by Gasteiger charge is -2.15. The molecule has 1 atom stereocenters. The van der Waals surface area contributed by atoms with E-state index >= 15 is 0 Å². The van der Waals surface area contributed by atoms with Gasteiger partial charge in [-0.25, -0.2) is 9.78 Å². The number of thiazole rings is 1. The molecule has 1 aromatic rings. The molecular formula is C13H21N3O3S. The summed E-state index contributed by atoms with van der Waals surface area (Å²) in [6, 6.07) is -0.803. The zero-order valence-electron chi connectivity index (χ0n) is 12.2. The Morgan fingerprint density at radius 3 is 2.55 bits per heavy atom. The van der Waals surface area contributed by atoms with Crippen LogP contribution >= 0.6 is 11.3 Å². The minimum atomic E-state index is -0.929. The molecule has 0 spiro atoms. The fourth-order valence-corrected chi connectivity index (χ4v) is 2.43. The van der Waals surface area contributed by atoms with Crippen LogP contribution in [0.1, 0.15) is 46.2 Å². The monoisotopic (exact) mass is 299 g/mol. The number of anilines is 1. The molecule has 0 fully saturated rings. The van der Waals surface area contributed by atoms with Gasteiger partial charge in [0, 0.05) is 16.8 Å². The zero-order valence-corrected chi connectivity index (χ0v) is 13.0. The number of aliphatic carboxylic acids is 1. The molecule has 3 N–H and O–H groups in total. The maximum Gasteiger partial charge on any atom is 0.321 e. The minimum Gasteiger partial charge on any atom is -0.481 e. The summed E-state index contributed by atoms with van der Waals surface area (Å²) >= 11 is 1.35. The summed E-state index contributed by atoms with van der Waals surface area (Å²) in [5, 5.41) is 16.4. The number of carbonyl (C=O) groups is 2. The van der Waals surface area contributed by atoms with Crippen LogP contribution in [0.3, 0.4) is 0 Å². The lowest BCUT2D eigenvalue weighted by molar-refractivity contribution is -0.137. The molecule has 0 saturated heterocycles. The van der Waals surface area contributed by atoms with E-state index < -0.39 is 12.0 Å². The number of amides is 2. The van der Waals surface area contributed by atoms with Gasteiger partial charge in [-0.3, -0.25) is 10.1 Å². The Morgan fingerprint density at radius 2 is 2.10 bits per heavy atom.